The standard InChI is InChI=1S/C11H22N2O3/c1-4-6-9(12)10(14)13(5-2)7-8(3)11(15)16/h8-9H,4-7,12H2,1-3H3,(H,15,16)/t8?,9-/m1/s1. The van der Waals surface area contributed by atoms with E-state index < -0.39 is 17.9 Å². The average Bonchev–Trinajstić information content (AvgIpc) is 2.24. The molecule has 0 saturated heterocycles. The average molecular weight is 230 g/mol. The number of hydrogen-bond acceptors (Lipinski definition) is 3. The first kappa shape index (κ1) is 14.9. The quantitative estimate of drug-likeness (QED) is 0.673. The van der Waals surface area contributed by atoms with Crippen LogP contribution in [0.25, 0.3) is 0 Å². The van der Waals surface area contributed by atoms with Gasteiger partial charge in [0, 0.05) is 13.1 Å². The van der Waals surface area contributed by atoms with Crippen molar-refractivity contribution in [3.05, 3.63) is 0 Å². The molecule has 1 unspecified atom stereocenters. The summed E-state index contributed by atoms with van der Waals surface area (Å²) in [5.74, 6) is -1.61. The molecular weight excluding hydrogens is 208 g/mol. The molecule has 0 saturated carbocycles. The molecule has 0 fully saturated rings. The van der Waals surface area contributed by atoms with Crippen LogP contribution in [0.5, 0.6) is 0 Å². The molecule has 0 aromatic carbocycles. The van der Waals surface area contributed by atoms with Gasteiger partial charge in [0.1, 0.15) is 0 Å². The van der Waals surface area contributed by atoms with Crippen molar-refractivity contribution >= 4 is 11.9 Å². The molecule has 3 N–H and O–H groups in total. The van der Waals surface area contributed by atoms with Crippen LogP contribution < -0.4 is 5.73 Å². The van der Waals surface area contributed by atoms with Crippen molar-refractivity contribution in [2.75, 3.05) is 13.1 Å². The SMILES string of the molecule is CCC[C@@H](N)C(=O)N(CC)CC(C)C(=O)O. The molecule has 0 aromatic heterocycles. The molecule has 16 heavy (non-hydrogen) atoms. The highest BCUT2D eigenvalue weighted by Crippen LogP contribution is 2.04. The van der Waals surface area contributed by atoms with Crippen LogP contribution in [0, 0.1) is 5.92 Å². The monoisotopic (exact) mass is 230 g/mol. The lowest BCUT2D eigenvalue weighted by molar-refractivity contribution is -0.143. The first-order valence-electron chi connectivity index (χ1n) is 5.71. The third kappa shape index (κ3) is 4.61. The fourth-order valence-corrected chi connectivity index (χ4v) is 1.45. The Morgan fingerprint density at radius 1 is 1.38 bits per heavy atom. The lowest BCUT2D eigenvalue weighted by atomic mass is 10.1. The van der Waals surface area contributed by atoms with Crippen molar-refractivity contribution in [3.63, 3.8) is 0 Å². The first-order valence-corrected chi connectivity index (χ1v) is 5.71. The van der Waals surface area contributed by atoms with Gasteiger partial charge >= 0.3 is 5.97 Å². The number of carboxylic acids is 1. The van der Waals surface area contributed by atoms with Gasteiger partial charge in [0.2, 0.25) is 5.91 Å². The molecule has 1 amide bonds. The molecule has 0 rings (SSSR count). The van der Waals surface area contributed by atoms with Crippen LogP contribution in [0.3, 0.4) is 0 Å². The van der Waals surface area contributed by atoms with Gasteiger partial charge in [-0.05, 0) is 13.3 Å². The van der Waals surface area contributed by atoms with Crippen LogP contribution >= 0.6 is 0 Å². The lowest BCUT2D eigenvalue weighted by Crippen LogP contribution is -2.46. The molecule has 0 bridgehead atoms. The minimum absolute atomic E-state index is 0.155. The second-order valence-electron chi connectivity index (χ2n) is 4.01. The number of likely N-dealkylation sites (N-methyl/N-ethyl adjacent to an activating group) is 1. The topological polar surface area (TPSA) is 83.6 Å². The number of hydrogen-bond donors (Lipinski definition) is 2. The largest absolute Gasteiger partial charge is 0.481 e. The number of rotatable bonds is 7. The Labute approximate surface area is 96.6 Å². The van der Waals surface area contributed by atoms with Crippen LogP contribution in [0.2, 0.25) is 0 Å². The molecule has 5 heteroatoms. The van der Waals surface area contributed by atoms with Gasteiger partial charge in [0.15, 0.2) is 0 Å². The zero-order chi connectivity index (χ0) is 12.7. The summed E-state index contributed by atoms with van der Waals surface area (Å²) in [7, 11) is 0. The lowest BCUT2D eigenvalue weighted by Gasteiger charge is -2.25. The Balaban J connectivity index is 4.37. The van der Waals surface area contributed by atoms with Crippen LogP contribution in [-0.4, -0.2) is 41.0 Å². The molecule has 5 nitrogen and oxygen atoms in total. The molecule has 0 aliphatic carbocycles. The van der Waals surface area contributed by atoms with E-state index in [0.717, 1.165) is 6.42 Å². The highest BCUT2D eigenvalue weighted by Gasteiger charge is 2.22. The van der Waals surface area contributed by atoms with Gasteiger partial charge in [-0.15, -0.1) is 0 Å². The van der Waals surface area contributed by atoms with E-state index in [0.29, 0.717) is 13.0 Å². The number of nitrogens with two attached hydrogens (primary N) is 1. The van der Waals surface area contributed by atoms with Gasteiger partial charge < -0.3 is 15.7 Å². The Hall–Kier alpha value is -1.10. The molecule has 0 aromatic rings. The van der Waals surface area contributed by atoms with Crippen LogP contribution in [0.15, 0.2) is 0 Å². The van der Waals surface area contributed by atoms with E-state index in [4.69, 9.17) is 10.8 Å². The Kier molecular flexibility index (Phi) is 6.72. The summed E-state index contributed by atoms with van der Waals surface area (Å²) in [5.41, 5.74) is 5.72. The van der Waals surface area contributed by atoms with Crippen molar-refractivity contribution in [2.24, 2.45) is 11.7 Å². The molecule has 94 valence electrons. The summed E-state index contributed by atoms with van der Waals surface area (Å²) in [6.07, 6.45) is 1.48. The summed E-state index contributed by atoms with van der Waals surface area (Å²) in [5, 5.41) is 8.78. The minimum Gasteiger partial charge on any atom is -0.481 e. The van der Waals surface area contributed by atoms with E-state index in [9.17, 15) is 9.59 Å². The zero-order valence-electron chi connectivity index (χ0n) is 10.3. The van der Waals surface area contributed by atoms with Gasteiger partial charge in [-0.25, -0.2) is 0 Å². The number of amides is 1. The zero-order valence-corrected chi connectivity index (χ0v) is 10.3. The van der Waals surface area contributed by atoms with Crippen LogP contribution in [0.1, 0.15) is 33.6 Å². The Morgan fingerprint density at radius 3 is 2.31 bits per heavy atom. The normalized spacial score (nSPS) is 14.2. The van der Waals surface area contributed by atoms with E-state index in [2.05, 4.69) is 0 Å². The molecule has 2 atom stereocenters. The molecule has 0 aliphatic rings. The Bertz CT molecular complexity index is 243. The number of aliphatic carboxylic acids is 1. The number of carboxylic acid groups (broad SMARTS) is 1. The van der Waals surface area contributed by atoms with E-state index in [1.54, 1.807) is 6.92 Å². The molecule has 0 spiro atoms. The molecule has 0 aliphatic heterocycles. The highest BCUT2D eigenvalue weighted by atomic mass is 16.4. The van der Waals surface area contributed by atoms with E-state index in [1.165, 1.54) is 4.90 Å². The van der Waals surface area contributed by atoms with Crippen molar-refractivity contribution in [2.45, 2.75) is 39.7 Å². The predicted octanol–water partition coefficient (Wildman–Crippen LogP) is 0.683. The second kappa shape index (κ2) is 7.22. The van der Waals surface area contributed by atoms with Gasteiger partial charge in [0.05, 0.1) is 12.0 Å². The number of carbonyl (C=O) groups is 2. The summed E-state index contributed by atoms with van der Waals surface area (Å²) in [4.78, 5) is 24.0. The fraction of sp³-hybridized carbons (Fsp3) is 0.818. The van der Waals surface area contributed by atoms with Gasteiger partial charge in [-0.1, -0.05) is 20.3 Å². The summed E-state index contributed by atoms with van der Waals surface area (Å²) in [6.45, 7) is 6.09. The van der Waals surface area contributed by atoms with Crippen LogP contribution in [0.4, 0.5) is 0 Å². The number of carbonyl (C=O) groups excluding carboxylic acids is 1. The van der Waals surface area contributed by atoms with Crippen molar-refractivity contribution in [3.8, 4) is 0 Å². The van der Waals surface area contributed by atoms with Gasteiger partial charge in [-0.2, -0.15) is 0 Å². The first-order chi connectivity index (χ1) is 7.43. The summed E-state index contributed by atoms with van der Waals surface area (Å²) < 4.78 is 0. The van der Waals surface area contributed by atoms with Gasteiger partial charge in [-0.3, -0.25) is 9.59 Å². The van der Waals surface area contributed by atoms with E-state index in [1.807, 2.05) is 13.8 Å². The highest BCUT2D eigenvalue weighted by molar-refractivity contribution is 5.82. The van der Waals surface area contributed by atoms with E-state index >= 15 is 0 Å². The maximum atomic E-state index is 11.8. The fourth-order valence-electron chi connectivity index (χ4n) is 1.45. The van der Waals surface area contributed by atoms with E-state index in [-0.39, 0.29) is 12.5 Å². The smallest absolute Gasteiger partial charge is 0.308 e. The maximum Gasteiger partial charge on any atom is 0.308 e. The number of nitrogens with zero attached hydrogens (tertiary/aromatic N) is 1. The summed E-state index contributed by atoms with van der Waals surface area (Å²) in [6, 6.07) is -0.508. The van der Waals surface area contributed by atoms with Crippen LogP contribution in [-0.2, 0) is 9.59 Å². The predicted molar refractivity (Wildman–Crippen MR) is 61.9 cm³/mol. The van der Waals surface area contributed by atoms with Crippen molar-refractivity contribution < 1.29 is 14.7 Å². The third-order valence-corrected chi connectivity index (χ3v) is 2.53. The minimum atomic E-state index is -0.893. The molecule has 0 heterocycles. The second-order valence-corrected chi connectivity index (χ2v) is 4.01. The Morgan fingerprint density at radius 2 is 1.94 bits per heavy atom. The van der Waals surface area contributed by atoms with Gasteiger partial charge in [0.25, 0.3) is 0 Å². The molecular formula is C11H22N2O3. The maximum absolute atomic E-state index is 11.8. The summed E-state index contributed by atoms with van der Waals surface area (Å²) >= 11 is 0. The van der Waals surface area contributed by atoms with Crippen molar-refractivity contribution in [1.82, 2.24) is 4.90 Å². The van der Waals surface area contributed by atoms with Crippen molar-refractivity contribution in [1.29, 1.82) is 0 Å². The molecule has 0 radical (unpaired) electrons. The third-order valence-electron chi connectivity index (χ3n) is 2.53.